The van der Waals surface area contributed by atoms with Gasteiger partial charge in [0, 0.05) is 19.5 Å². The number of rotatable bonds is 2. The van der Waals surface area contributed by atoms with Gasteiger partial charge in [0.05, 0.1) is 7.11 Å². The summed E-state index contributed by atoms with van der Waals surface area (Å²) >= 11 is 0. The fourth-order valence-corrected chi connectivity index (χ4v) is 0.418. The van der Waals surface area contributed by atoms with E-state index in [1.807, 2.05) is 0 Å². The summed E-state index contributed by atoms with van der Waals surface area (Å²) in [7, 11) is -2.68. The molecule has 0 heterocycles. The van der Waals surface area contributed by atoms with E-state index >= 15 is 0 Å². The smallest absolute Gasteiger partial charge is 0.293 e. The van der Waals surface area contributed by atoms with Crippen molar-refractivity contribution >= 4 is 10.1 Å². The molecule has 0 saturated carbocycles. The van der Waals surface area contributed by atoms with Crippen molar-refractivity contribution in [2.75, 3.05) is 7.11 Å². The molecule has 0 bridgehead atoms. The molecule has 1 atom stereocenters. The fourth-order valence-electron chi connectivity index (χ4n) is 0.139. The van der Waals surface area contributed by atoms with Crippen LogP contribution in [0.4, 0.5) is 0 Å². The minimum Gasteiger partial charge on any atom is -0.375 e. The molecule has 0 aromatic heterocycles. The van der Waals surface area contributed by atoms with Gasteiger partial charge in [0.25, 0.3) is 10.1 Å². The summed E-state index contributed by atoms with van der Waals surface area (Å²) in [5.41, 5.74) is -1.44. The molecule has 52 valence electrons. The van der Waals surface area contributed by atoms with Crippen LogP contribution in [0.25, 0.3) is 0 Å². The van der Waals surface area contributed by atoms with E-state index in [4.69, 9.17) is 5.11 Å². The normalized spacial score (nSPS) is 14.1. The number of hydrogen-bond acceptors (Lipinski definition) is 4. The first-order valence-electron chi connectivity index (χ1n) is 1.98. The average Bonchev–Trinajstić information content (AvgIpc) is 1.67. The standard InChI is InChI=1S/C3H8O4S.Zn/c1-3(4)8(5,6)7-2;/h3-4H,1-2H3;. The van der Waals surface area contributed by atoms with Crippen LogP contribution in [-0.2, 0) is 33.8 Å². The maximum atomic E-state index is 10.2. The van der Waals surface area contributed by atoms with E-state index in [1.54, 1.807) is 0 Å². The summed E-state index contributed by atoms with van der Waals surface area (Å²) < 4.78 is 24.4. The Morgan fingerprint density at radius 1 is 1.56 bits per heavy atom. The molecule has 1 unspecified atom stereocenters. The first kappa shape index (κ1) is 12.2. The van der Waals surface area contributed by atoms with Crippen LogP contribution in [0.15, 0.2) is 0 Å². The van der Waals surface area contributed by atoms with Crippen molar-refractivity contribution in [3.63, 3.8) is 0 Å². The van der Waals surface area contributed by atoms with Gasteiger partial charge in [-0.15, -0.1) is 0 Å². The Morgan fingerprint density at radius 3 is 1.89 bits per heavy atom. The van der Waals surface area contributed by atoms with Crippen molar-refractivity contribution < 1.29 is 37.2 Å². The molecule has 0 aromatic carbocycles. The molecular formula is C3H8O4SZn. The van der Waals surface area contributed by atoms with Gasteiger partial charge in [0.2, 0.25) is 0 Å². The largest absolute Gasteiger partial charge is 0.375 e. The Kier molecular flexibility index (Phi) is 5.87. The third-order valence-electron chi connectivity index (χ3n) is 0.650. The van der Waals surface area contributed by atoms with Crippen LogP contribution in [0.5, 0.6) is 0 Å². The third-order valence-corrected chi connectivity index (χ3v) is 1.95. The Bertz CT molecular complexity index is 149. The summed E-state index contributed by atoms with van der Waals surface area (Å²) in [4.78, 5) is 0. The van der Waals surface area contributed by atoms with Crippen LogP contribution in [0, 0.1) is 0 Å². The summed E-state index contributed by atoms with van der Waals surface area (Å²) in [5.74, 6) is 0. The van der Waals surface area contributed by atoms with E-state index < -0.39 is 15.6 Å². The predicted molar refractivity (Wildman–Crippen MR) is 27.6 cm³/mol. The number of hydrogen-bond donors (Lipinski definition) is 1. The molecule has 0 rings (SSSR count). The second kappa shape index (κ2) is 4.33. The predicted octanol–water partition coefficient (Wildman–Crippen LogP) is -0.702. The quantitative estimate of drug-likeness (QED) is 0.478. The Morgan fingerprint density at radius 2 is 1.89 bits per heavy atom. The maximum Gasteiger partial charge on any atom is 0.293 e. The molecule has 6 heteroatoms. The van der Waals surface area contributed by atoms with Crippen molar-refractivity contribution in [1.29, 1.82) is 0 Å². The van der Waals surface area contributed by atoms with Crippen LogP contribution in [0.2, 0.25) is 0 Å². The molecule has 0 aliphatic heterocycles. The van der Waals surface area contributed by atoms with Gasteiger partial charge in [0.15, 0.2) is 5.44 Å². The Labute approximate surface area is 67.1 Å². The first-order valence-corrected chi connectivity index (χ1v) is 3.45. The molecule has 0 spiro atoms. The molecule has 0 aliphatic carbocycles. The molecule has 9 heavy (non-hydrogen) atoms. The van der Waals surface area contributed by atoms with Crippen molar-refractivity contribution in [1.82, 2.24) is 0 Å². The zero-order valence-corrected chi connectivity index (χ0v) is 9.15. The van der Waals surface area contributed by atoms with Crippen LogP contribution in [0.3, 0.4) is 0 Å². The van der Waals surface area contributed by atoms with Gasteiger partial charge in [-0.1, -0.05) is 0 Å². The second-order valence-corrected chi connectivity index (χ2v) is 3.26. The van der Waals surface area contributed by atoms with Gasteiger partial charge in [-0.2, -0.15) is 8.42 Å². The second-order valence-electron chi connectivity index (χ2n) is 1.26. The van der Waals surface area contributed by atoms with Gasteiger partial charge < -0.3 is 5.11 Å². The molecule has 4 nitrogen and oxygen atoms in total. The Hall–Kier alpha value is 0.493. The topological polar surface area (TPSA) is 63.6 Å². The zero-order chi connectivity index (χ0) is 6.78. The monoisotopic (exact) mass is 204 g/mol. The molecule has 0 amide bonds. The van der Waals surface area contributed by atoms with Gasteiger partial charge in [-0.05, 0) is 6.92 Å². The van der Waals surface area contributed by atoms with Crippen molar-refractivity contribution in [3.8, 4) is 0 Å². The third kappa shape index (κ3) is 3.97. The molecule has 1 N–H and O–H groups in total. The Balaban J connectivity index is 0. The minimum atomic E-state index is -3.68. The maximum absolute atomic E-state index is 10.2. The molecular weight excluding hydrogens is 197 g/mol. The van der Waals surface area contributed by atoms with E-state index in [2.05, 4.69) is 4.18 Å². The molecule has 0 aliphatic rings. The fraction of sp³-hybridized carbons (Fsp3) is 1.00. The van der Waals surface area contributed by atoms with Crippen LogP contribution < -0.4 is 0 Å². The summed E-state index contributed by atoms with van der Waals surface area (Å²) in [6.45, 7) is 1.12. The number of aliphatic hydroxyl groups is 1. The first-order chi connectivity index (χ1) is 3.50. The minimum absolute atomic E-state index is 0. The molecule has 0 saturated heterocycles. The number of aliphatic hydroxyl groups excluding tert-OH is 1. The zero-order valence-electron chi connectivity index (χ0n) is 5.36. The molecule has 0 aromatic rings. The van der Waals surface area contributed by atoms with Gasteiger partial charge >= 0.3 is 0 Å². The van der Waals surface area contributed by atoms with Crippen LogP contribution in [0.1, 0.15) is 6.92 Å². The molecule has 0 fully saturated rings. The van der Waals surface area contributed by atoms with E-state index in [0.717, 1.165) is 14.0 Å². The summed E-state index contributed by atoms with van der Waals surface area (Å²) in [6.07, 6.45) is 0. The van der Waals surface area contributed by atoms with Crippen LogP contribution in [-0.4, -0.2) is 26.1 Å². The van der Waals surface area contributed by atoms with E-state index in [0.29, 0.717) is 0 Å². The van der Waals surface area contributed by atoms with E-state index in [9.17, 15) is 8.42 Å². The summed E-state index contributed by atoms with van der Waals surface area (Å²) in [5, 5.41) is 8.37. The van der Waals surface area contributed by atoms with Gasteiger partial charge in [-0.25, -0.2) is 0 Å². The van der Waals surface area contributed by atoms with Crippen LogP contribution >= 0.6 is 0 Å². The van der Waals surface area contributed by atoms with Gasteiger partial charge in [-0.3, -0.25) is 4.18 Å². The van der Waals surface area contributed by atoms with E-state index in [-0.39, 0.29) is 19.5 Å². The summed E-state index contributed by atoms with van der Waals surface area (Å²) in [6, 6.07) is 0. The van der Waals surface area contributed by atoms with Crippen molar-refractivity contribution in [3.05, 3.63) is 0 Å². The van der Waals surface area contributed by atoms with E-state index in [1.165, 1.54) is 0 Å². The molecule has 0 radical (unpaired) electrons. The van der Waals surface area contributed by atoms with Crippen molar-refractivity contribution in [2.24, 2.45) is 0 Å². The average molecular weight is 206 g/mol. The van der Waals surface area contributed by atoms with Gasteiger partial charge in [0.1, 0.15) is 0 Å². The van der Waals surface area contributed by atoms with Crippen molar-refractivity contribution in [2.45, 2.75) is 12.4 Å². The SMILES string of the molecule is COS(=O)(=O)C(C)O.[Zn].